The Labute approximate surface area is 172 Å². The van der Waals surface area contributed by atoms with Crippen LogP contribution in [-0.2, 0) is 21.4 Å². The summed E-state index contributed by atoms with van der Waals surface area (Å²) in [5.74, 6) is 0.112. The van der Waals surface area contributed by atoms with Crippen LogP contribution in [0.15, 0.2) is 66.1 Å². The second-order valence-electron chi connectivity index (χ2n) is 7.02. The van der Waals surface area contributed by atoms with Gasteiger partial charge in [0.05, 0.1) is 5.41 Å². The molecule has 154 valence electrons. The van der Waals surface area contributed by atoms with E-state index in [0.717, 1.165) is 46.8 Å². The van der Waals surface area contributed by atoms with Crippen LogP contribution in [0.2, 0.25) is 0 Å². The molecule has 7 heteroatoms. The third-order valence-electron chi connectivity index (χ3n) is 4.83. The third-order valence-corrected chi connectivity index (χ3v) is 6.22. The summed E-state index contributed by atoms with van der Waals surface area (Å²) in [6.07, 6.45) is 2.29. The molecular weight excluding hydrogens is 388 g/mol. The van der Waals surface area contributed by atoms with Crippen LogP contribution in [0.1, 0.15) is 24.0 Å². The highest BCUT2D eigenvalue weighted by molar-refractivity contribution is 7.92. The fraction of sp³-hybridized carbons (Fsp3) is 0.318. The summed E-state index contributed by atoms with van der Waals surface area (Å²) in [6.45, 7) is 1.78. The van der Waals surface area contributed by atoms with Gasteiger partial charge in [0.2, 0.25) is 0 Å². The average Bonchev–Trinajstić information content (AvgIpc) is 2.76. The molecule has 0 saturated carbocycles. The summed E-state index contributed by atoms with van der Waals surface area (Å²) in [5.41, 5.74) is 1.55. The van der Waals surface area contributed by atoms with Crippen LogP contribution in [0.4, 0.5) is 4.79 Å². The standard InChI is InChI=1S/C22H26N2O4S/c25-22(28-18-21-9-5-2-6-10-21)24(17-20-11-14-23-15-12-20)29(26,27)16-13-19-7-3-1-4-8-19/h1-10,13,16,20,23H,11-12,14-15,17-18H2. The largest absolute Gasteiger partial charge is 0.444 e. The Balaban J connectivity index is 1.75. The zero-order chi connectivity index (χ0) is 20.5. The van der Waals surface area contributed by atoms with Crippen LogP contribution in [0.25, 0.3) is 6.08 Å². The van der Waals surface area contributed by atoms with Crippen molar-refractivity contribution in [3.05, 3.63) is 77.2 Å². The monoisotopic (exact) mass is 414 g/mol. The molecule has 0 aliphatic carbocycles. The Hall–Kier alpha value is -2.64. The van der Waals surface area contributed by atoms with Gasteiger partial charge in [-0.3, -0.25) is 0 Å². The highest BCUT2D eigenvalue weighted by atomic mass is 32.2. The molecule has 1 aliphatic heterocycles. The van der Waals surface area contributed by atoms with E-state index in [9.17, 15) is 13.2 Å². The number of nitrogens with one attached hydrogen (secondary N) is 1. The third kappa shape index (κ3) is 6.44. The maximum atomic E-state index is 13.0. The summed E-state index contributed by atoms with van der Waals surface area (Å²) in [6, 6.07) is 18.3. The van der Waals surface area contributed by atoms with Crippen LogP contribution >= 0.6 is 0 Å². The summed E-state index contributed by atoms with van der Waals surface area (Å²) in [4.78, 5) is 12.7. The molecule has 2 aromatic carbocycles. The van der Waals surface area contributed by atoms with E-state index in [-0.39, 0.29) is 19.1 Å². The van der Waals surface area contributed by atoms with Crippen LogP contribution in [0.3, 0.4) is 0 Å². The van der Waals surface area contributed by atoms with Gasteiger partial charge in [0, 0.05) is 6.54 Å². The van der Waals surface area contributed by atoms with Crippen LogP contribution in [0.5, 0.6) is 0 Å². The second-order valence-corrected chi connectivity index (χ2v) is 8.77. The van der Waals surface area contributed by atoms with Crippen LogP contribution in [-0.4, -0.2) is 38.5 Å². The van der Waals surface area contributed by atoms with E-state index in [1.807, 2.05) is 48.5 Å². The van der Waals surface area contributed by atoms with Gasteiger partial charge in [0.1, 0.15) is 6.61 Å². The van der Waals surface area contributed by atoms with Crippen molar-refractivity contribution in [2.24, 2.45) is 5.92 Å². The van der Waals surface area contributed by atoms with Crippen molar-refractivity contribution in [3.63, 3.8) is 0 Å². The molecule has 1 N–H and O–H groups in total. The molecule has 1 heterocycles. The summed E-state index contributed by atoms with van der Waals surface area (Å²) < 4.78 is 32.1. The molecule has 1 aliphatic rings. The first-order chi connectivity index (χ1) is 14.0. The smallest absolute Gasteiger partial charge is 0.424 e. The molecular formula is C22H26N2O4S. The van der Waals surface area contributed by atoms with Gasteiger partial charge in [0.15, 0.2) is 0 Å². The Morgan fingerprint density at radius 2 is 1.66 bits per heavy atom. The molecule has 0 spiro atoms. The quantitative estimate of drug-likeness (QED) is 0.749. The minimum Gasteiger partial charge on any atom is -0.444 e. The van der Waals surface area contributed by atoms with Gasteiger partial charge in [-0.05, 0) is 49.1 Å². The number of ether oxygens (including phenoxy) is 1. The molecule has 1 saturated heterocycles. The van der Waals surface area contributed by atoms with E-state index in [0.29, 0.717) is 0 Å². The van der Waals surface area contributed by atoms with Crippen molar-refractivity contribution in [3.8, 4) is 0 Å². The van der Waals surface area contributed by atoms with Crippen LogP contribution in [0, 0.1) is 5.92 Å². The number of benzene rings is 2. The van der Waals surface area contributed by atoms with Gasteiger partial charge < -0.3 is 10.1 Å². The highest BCUT2D eigenvalue weighted by Gasteiger charge is 2.30. The summed E-state index contributed by atoms with van der Waals surface area (Å²) in [5, 5.41) is 4.33. The number of sulfonamides is 1. The van der Waals surface area contributed by atoms with E-state index in [1.54, 1.807) is 12.1 Å². The van der Waals surface area contributed by atoms with Crippen LogP contribution < -0.4 is 5.32 Å². The first kappa shape index (κ1) is 21.1. The summed E-state index contributed by atoms with van der Waals surface area (Å²) in [7, 11) is -3.97. The molecule has 2 aromatic rings. The van der Waals surface area contributed by atoms with Crippen molar-refractivity contribution in [2.45, 2.75) is 19.4 Å². The van der Waals surface area contributed by atoms with Gasteiger partial charge in [-0.2, -0.15) is 0 Å². The molecule has 0 bridgehead atoms. The molecule has 1 amide bonds. The van der Waals surface area contributed by atoms with E-state index in [2.05, 4.69) is 5.32 Å². The number of carbonyl (C=O) groups is 1. The SMILES string of the molecule is O=C(OCc1ccccc1)N(CC1CCNCC1)S(=O)(=O)C=Cc1ccccc1. The predicted molar refractivity (Wildman–Crippen MR) is 113 cm³/mol. The Bertz CT molecular complexity index is 908. The zero-order valence-electron chi connectivity index (χ0n) is 16.2. The number of rotatable bonds is 7. The first-order valence-corrected chi connectivity index (χ1v) is 11.2. The van der Waals surface area contributed by atoms with Crippen molar-refractivity contribution in [2.75, 3.05) is 19.6 Å². The molecule has 1 fully saturated rings. The molecule has 6 nitrogen and oxygen atoms in total. The Morgan fingerprint density at radius 1 is 1.03 bits per heavy atom. The van der Waals surface area contributed by atoms with E-state index < -0.39 is 16.1 Å². The number of piperidine rings is 1. The number of hydrogen-bond donors (Lipinski definition) is 1. The minimum absolute atomic E-state index is 0.0281. The maximum absolute atomic E-state index is 13.0. The predicted octanol–water partition coefficient (Wildman–Crippen LogP) is 3.63. The van der Waals surface area contributed by atoms with Crippen molar-refractivity contribution < 1.29 is 17.9 Å². The van der Waals surface area contributed by atoms with E-state index in [1.165, 1.54) is 6.08 Å². The average molecular weight is 415 g/mol. The topological polar surface area (TPSA) is 75.7 Å². The lowest BCUT2D eigenvalue weighted by Gasteiger charge is -2.28. The number of nitrogens with zero attached hydrogens (tertiary/aromatic N) is 1. The van der Waals surface area contributed by atoms with Gasteiger partial charge in [-0.25, -0.2) is 17.5 Å². The molecule has 29 heavy (non-hydrogen) atoms. The second kappa shape index (κ2) is 10.2. The fourth-order valence-corrected chi connectivity index (χ4v) is 4.33. The molecule has 0 atom stereocenters. The first-order valence-electron chi connectivity index (χ1n) is 9.72. The molecule has 0 radical (unpaired) electrons. The Morgan fingerprint density at radius 3 is 2.31 bits per heavy atom. The lowest BCUT2D eigenvalue weighted by molar-refractivity contribution is 0.114. The van der Waals surface area contributed by atoms with Gasteiger partial charge in [0.25, 0.3) is 10.0 Å². The zero-order valence-corrected chi connectivity index (χ0v) is 17.1. The van der Waals surface area contributed by atoms with E-state index in [4.69, 9.17) is 4.74 Å². The number of hydrogen-bond acceptors (Lipinski definition) is 5. The lowest BCUT2D eigenvalue weighted by Crippen LogP contribution is -2.42. The lowest BCUT2D eigenvalue weighted by atomic mass is 9.98. The molecule has 0 unspecified atom stereocenters. The maximum Gasteiger partial charge on any atom is 0.424 e. The van der Waals surface area contributed by atoms with Crippen molar-refractivity contribution in [1.29, 1.82) is 0 Å². The highest BCUT2D eigenvalue weighted by Crippen LogP contribution is 2.19. The van der Waals surface area contributed by atoms with Crippen molar-refractivity contribution >= 4 is 22.2 Å². The molecule has 3 rings (SSSR count). The van der Waals surface area contributed by atoms with E-state index >= 15 is 0 Å². The summed E-state index contributed by atoms with van der Waals surface area (Å²) >= 11 is 0. The van der Waals surface area contributed by atoms with Gasteiger partial charge in [-0.1, -0.05) is 60.7 Å². The number of carbonyl (C=O) groups excluding carboxylic acids is 1. The minimum atomic E-state index is -3.97. The van der Waals surface area contributed by atoms with Crippen molar-refractivity contribution in [1.82, 2.24) is 9.62 Å². The fourth-order valence-electron chi connectivity index (χ4n) is 3.17. The van der Waals surface area contributed by atoms with Gasteiger partial charge >= 0.3 is 6.09 Å². The Kier molecular flexibility index (Phi) is 7.43. The normalized spacial score (nSPS) is 15.3. The molecule has 0 aromatic heterocycles. The van der Waals surface area contributed by atoms with Gasteiger partial charge in [-0.15, -0.1) is 0 Å². The number of amides is 1.